The molecule has 43 heavy (non-hydrogen) atoms. The molecule has 13 heteroatoms. The fourth-order valence-corrected chi connectivity index (χ4v) is 5.39. The Hall–Kier alpha value is -5.04. The van der Waals surface area contributed by atoms with Crippen LogP contribution in [0.5, 0.6) is 0 Å². The van der Waals surface area contributed by atoms with Crippen molar-refractivity contribution in [3.05, 3.63) is 83.9 Å². The fourth-order valence-electron chi connectivity index (χ4n) is 5.39. The number of fused-ring (bicyclic) bond motifs is 1. The van der Waals surface area contributed by atoms with Gasteiger partial charge in [-0.15, -0.1) is 10.2 Å². The number of hydrogen-bond donors (Lipinski definition) is 1. The number of aryl methyl sites for hydroxylation is 1. The number of alkyl halides is 1. The van der Waals surface area contributed by atoms with E-state index < -0.39 is 12.1 Å². The van der Waals surface area contributed by atoms with E-state index in [0.717, 1.165) is 5.56 Å². The van der Waals surface area contributed by atoms with Crippen molar-refractivity contribution >= 4 is 28.6 Å². The number of aromatic nitrogens is 6. The van der Waals surface area contributed by atoms with Gasteiger partial charge in [0.15, 0.2) is 11.4 Å². The number of amides is 2. The minimum absolute atomic E-state index is 0.170. The molecule has 0 bridgehead atoms. The zero-order valence-electron chi connectivity index (χ0n) is 23.3. The van der Waals surface area contributed by atoms with Crippen molar-refractivity contribution in [3.63, 3.8) is 0 Å². The molecule has 0 radical (unpaired) electrons. The molecule has 2 aliphatic rings. The van der Waals surface area contributed by atoms with E-state index in [-0.39, 0.29) is 24.3 Å². The molecule has 12 nitrogen and oxygen atoms in total. The number of oxazole rings is 1. The van der Waals surface area contributed by atoms with Crippen molar-refractivity contribution in [3.8, 4) is 11.5 Å². The lowest BCUT2D eigenvalue weighted by atomic mass is 10.0. The molecule has 1 aliphatic carbocycles. The molecular formula is C30H28FN9O3. The Morgan fingerprint density at radius 3 is 2.56 bits per heavy atom. The van der Waals surface area contributed by atoms with E-state index in [1.54, 1.807) is 48.5 Å². The summed E-state index contributed by atoms with van der Waals surface area (Å²) in [4.78, 5) is 40.0. The zero-order valence-corrected chi connectivity index (χ0v) is 23.3. The summed E-state index contributed by atoms with van der Waals surface area (Å²) in [6, 6.07) is 18.3. The number of halogens is 1. The molecule has 2 aromatic carbocycles. The van der Waals surface area contributed by atoms with Gasteiger partial charge in [0.25, 0.3) is 5.91 Å². The van der Waals surface area contributed by atoms with Gasteiger partial charge in [-0.25, -0.2) is 9.37 Å². The van der Waals surface area contributed by atoms with E-state index in [1.807, 2.05) is 30.3 Å². The molecule has 2 fully saturated rings. The normalized spacial score (nSPS) is 19.3. The largest absolute Gasteiger partial charge is 0.436 e. The minimum Gasteiger partial charge on any atom is -0.436 e. The molecule has 0 spiro atoms. The molecular weight excluding hydrogens is 553 g/mol. The predicted octanol–water partition coefficient (Wildman–Crippen LogP) is 3.26. The molecule has 2 amide bonds. The van der Waals surface area contributed by atoms with E-state index in [2.05, 4.69) is 35.6 Å². The molecule has 1 saturated heterocycles. The minimum atomic E-state index is -1.07. The number of tetrazole rings is 1. The molecule has 3 atom stereocenters. The van der Waals surface area contributed by atoms with Gasteiger partial charge in [0.05, 0.1) is 19.0 Å². The Kier molecular flexibility index (Phi) is 6.86. The second-order valence-corrected chi connectivity index (χ2v) is 10.8. The van der Waals surface area contributed by atoms with E-state index in [1.165, 1.54) is 4.80 Å². The maximum atomic E-state index is 13.5. The Bertz CT molecular complexity index is 1800. The summed E-state index contributed by atoms with van der Waals surface area (Å²) in [6.45, 7) is 2.27. The SMILES string of the molecule is Cn1nnc([C@@H](c2ccccc2)N2CCN(C(=O)c3cc(-c4nc5cc(NC(=O)[C@@H]6C[C@@H]6F)ccc5o4)ccn3)CC2)n1. The summed E-state index contributed by atoms with van der Waals surface area (Å²) in [6.07, 6.45) is 0.755. The number of anilines is 1. The third-order valence-electron chi connectivity index (χ3n) is 7.78. The molecule has 1 aliphatic heterocycles. The summed E-state index contributed by atoms with van der Waals surface area (Å²) in [5, 5.41) is 15.5. The van der Waals surface area contributed by atoms with Crippen LogP contribution < -0.4 is 5.32 Å². The average molecular weight is 582 g/mol. The Morgan fingerprint density at radius 2 is 1.84 bits per heavy atom. The summed E-state index contributed by atoms with van der Waals surface area (Å²) in [5.74, 6) is -0.155. The van der Waals surface area contributed by atoms with Gasteiger partial charge in [-0.3, -0.25) is 19.5 Å². The van der Waals surface area contributed by atoms with Crippen molar-refractivity contribution < 1.29 is 18.4 Å². The van der Waals surface area contributed by atoms with Gasteiger partial charge in [-0.2, -0.15) is 4.80 Å². The second kappa shape index (κ2) is 11.0. The molecule has 5 aromatic rings. The van der Waals surface area contributed by atoms with Gasteiger partial charge in [0.1, 0.15) is 17.4 Å². The monoisotopic (exact) mass is 581 g/mol. The van der Waals surface area contributed by atoms with Crippen molar-refractivity contribution in [2.45, 2.75) is 18.6 Å². The summed E-state index contributed by atoms with van der Waals surface area (Å²) >= 11 is 0. The van der Waals surface area contributed by atoms with Crippen LogP contribution in [0.1, 0.15) is 34.3 Å². The zero-order chi connectivity index (χ0) is 29.5. The number of hydrogen-bond acceptors (Lipinski definition) is 9. The highest BCUT2D eigenvalue weighted by Gasteiger charge is 2.43. The van der Waals surface area contributed by atoms with Gasteiger partial charge in [0, 0.05) is 43.6 Å². The van der Waals surface area contributed by atoms with Crippen LogP contribution in [-0.2, 0) is 11.8 Å². The van der Waals surface area contributed by atoms with Crippen LogP contribution in [0.15, 0.2) is 71.3 Å². The van der Waals surface area contributed by atoms with Gasteiger partial charge in [-0.1, -0.05) is 30.3 Å². The summed E-state index contributed by atoms with van der Waals surface area (Å²) < 4.78 is 19.2. The number of nitrogens with one attached hydrogen (secondary N) is 1. The smallest absolute Gasteiger partial charge is 0.272 e. The second-order valence-electron chi connectivity index (χ2n) is 10.8. The molecule has 7 rings (SSSR count). The van der Waals surface area contributed by atoms with Crippen LogP contribution >= 0.6 is 0 Å². The van der Waals surface area contributed by atoms with E-state index in [9.17, 15) is 14.0 Å². The van der Waals surface area contributed by atoms with E-state index >= 15 is 0 Å². The van der Waals surface area contributed by atoms with E-state index in [0.29, 0.717) is 65.9 Å². The third kappa shape index (κ3) is 5.46. The van der Waals surface area contributed by atoms with Crippen LogP contribution in [0.2, 0.25) is 0 Å². The first-order valence-corrected chi connectivity index (χ1v) is 14.1. The highest BCUT2D eigenvalue weighted by molar-refractivity contribution is 5.96. The van der Waals surface area contributed by atoms with Crippen LogP contribution in [0, 0.1) is 5.92 Å². The third-order valence-corrected chi connectivity index (χ3v) is 7.78. The number of piperazine rings is 1. The van der Waals surface area contributed by atoms with Gasteiger partial charge >= 0.3 is 0 Å². The first-order chi connectivity index (χ1) is 20.9. The maximum Gasteiger partial charge on any atom is 0.272 e. The van der Waals surface area contributed by atoms with Crippen LogP contribution in [0.4, 0.5) is 10.1 Å². The van der Waals surface area contributed by atoms with Crippen molar-refractivity contribution in [1.82, 2.24) is 40.0 Å². The molecule has 4 heterocycles. The summed E-state index contributed by atoms with van der Waals surface area (Å²) in [7, 11) is 1.74. The van der Waals surface area contributed by atoms with Crippen LogP contribution in [0.25, 0.3) is 22.6 Å². The molecule has 218 valence electrons. The molecule has 1 N–H and O–H groups in total. The highest BCUT2D eigenvalue weighted by Crippen LogP contribution is 2.35. The number of benzene rings is 2. The number of nitrogens with zero attached hydrogens (tertiary/aromatic N) is 8. The average Bonchev–Trinajstić information content (AvgIpc) is 3.39. The highest BCUT2D eigenvalue weighted by atomic mass is 19.1. The Balaban J connectivity index is 1.05. The fraction of sp³-hybridized carbons (Fsp3) is 0.300. The lowest BCUT2D eigenvalue weighted by Crippen LogP contribution is -2.50. The molecule has 1 saturated carbocycles. The quantitative estimate of drug-likeness (QED) is 0.307. The topological polar surface area (TPSA) is 135 Å². The van der Waals surface area contributed by atoms with Crippen LogP contribution in [0.3, 0.4) is 0 Å². The summed E-state index contributed by atoms with van der Waals surface area (Å²) in [5.41, 5.74) is 3.54. The molecule has 3 aromatic heterocycles. The van der Waals surface area contributed by atoms with Gasteiger partial charge in [0.2, 0.25) is 11.8 Å². The number of rotatable bonds is 7. The van der Waals surface area contributed by atoms with Crippen molar-refractivity contribution in [2.24, 2.45) is 13.0 Å². The van der Waals surface area contributed by atoms with E-state index in [4.69, 9.17) is 4.42 Å². The van der Waals surface area contributed by atoms with Crippen molar-refractivity contribution in [2.75, 3.05) is 31.5 Å². The Morgan fingerprint density at radius 1 is 1.05 bits per heavy atom. The standard InChI is InChI=1S/C30H28FN9O3/c1-38-36-27(35-37-38)26(18-5-3-2-4-6-18)39-11-13-40(14-12-39)30(42)24-15-19(9-10-32-24)29-34-23-16-20(7-8-25(23)43-29)33-28(41)21-17-22(21)31/h2-10,15-16,21-22,26H,11-14,17H2,1H3,(H,33,41)/t21-,22+,26-/m1/s1. The number of carbonyl (C=O) groups excluding carboxylic acids is 2. The van der Waals surface area contributed by atoms with Gasteiger partial charge < -0.3 is 14.6 Å². The first kappa shape index (κ1) is 26.8. The lowest BCUT2D eigenvalue weighted by Gasteiger charge is -2.38. The lowest BCUT2D eigenvalue weighted by molar-refractivity contribution is -0.117. The molecule has 0 unspecified atom stereocenters. The number of pyridine rings is 1. The van der Waals surface area contributed by atoms with Crippen molar-refractivity contribution in [1.29, 1.82) is 0 Å². The maximum absolute atomic E-state index is 13.5. The predicted molar refractivity (Wildman–Crippen MR) is 153 cm³/mol. The van der Waals surface area contributed by atoms with Crippen LogP contribution in [-0.4, -0.2) is 84.1 Å². The first-order valence-electron chi connectivity index (χ1n) is 14.1. The van der Waals surface area contributed by atoms with Gasteiger partial charge in [-0.05, 0) is 47.5 Å². The Labute approximate surface area is 245 Å². The number of carbonyl (C=O) groups is 2.